The van der Waals surface area contributed by atoms with E-state index in [1.54, 1.807) is 6.07 Å². The van der Waals surface area contributed by atoms with Crippen LogP contribution in [0.2, 0.25) is 0 Å². The fourth-order valence-electron chi connectivity index (χ4n) is 2.84. The van der Waals surface area contributed by atoms with Crippen molar-refractivity contribution >= 4 is 23.6 Å². The highest BCUT2D eigenvalue weighted by molar-refractivity contribution is 8.00. The number of hydrogen-bond acceptors (Lipinski definition) is 4. The Balaban J connectivity index is 1.89. The highest BCUT2D eigenvalue weighted by atomic mass is 32.2. The van der Waals surface area contributed by atoms with Gasteiger partial charge in [0.05, 0.1) is 11.3 Å². The van der Waals surface area contributed by atoms with Crippen LogP contribution in [0.4, 0.5) is 0 Å². The summed E-state index contributed by atoms with van der Waals surface area (Å²) in [5.41, 5.74) is 0.139. The summed E-state index contributed by atoms with van der Waals surface area (Å²) in [6, 6.07) is 3.30. The number of rotatable bonds is 5. The number of carbonyl (C=O) groups is 2. The molecular weight excluding hydrogens is 300 g/mol. The van der Waals surface area contributed by atoms with Gasteiger partial charge >= 0.3 is 5.97 Å². The third kappa shape index (κ3) is 4.22. The van der Waals surface area contributed by atoms with Crippen LogP contribution < -0.4 is 5.32 Å². The zero-order chi connectivity index (χ0) is 16.1. The summed E-state index contributed by atoms with van der Waals surface area (Å²) in [6.45, 7) is 4.41. The smallest absolute Gasteiger partial charge is 0.338 e. The van der Waals surface area contributed by atoms with E-state index in [1.165, 1.54) is 30.4 Å². The lowest BCUT2D eigenvalue weighted by Crippen LogP contribution is -2.44. The predicted molar refractivity (Wildman–Crippen MR) is 86.0 cm³/mol. The van der Waals surface area contributed by atoms with E-state index in [0.717, 1.165) is 12.8 Å². The molecule has 1 aromatic heterocycles. The Kier molecular flexibility index (Phi) is 5.83. The molecule has 0 aliphatic heterocycles. The molecule has 5 nitrogen and oxygen atoms in total. The van der Waals surface area contributed by atoms with Crippen LogP contribution in [0.25, 0.3) is 0 Å². The zero-order valence-corrected chi connectivity index (χ0v) is 13.7. The van der Waals surface area contributed by atoms with Crippen molar-refractivity contribution in [3.63, 3.8) is 0 Å². The Morgan fingerprint density at radius 1 is 1.41 bits per heavy atom. The van der Waals surface area contributed by atoms with Crippen molar-refractivity contribution in [1.82, 2.24) is 10.3 Å². The molecule has 6 heteroatoms. The van der Waals surface area contributed by atoms with E-state index >= 15 is 0 Å². The number of carboxylic acid groups (broad SMARTS) is 1. The largest absolute Gasteiger partial charge is 0.478 e. The number of aromatic nitrogens is 1. The Hall–Kier alpha value is -1.56. The van der Waals surface area contributed by atoms with Gasteiger partial charge in [0.1, 0.15) is 5.03 Å². The number of carboxylic acids is 1. The van der Waals surface area contributed by atoms with E-state index < -0.39 is 5.97 Å². The summed E-state index contributed by atoms with van der Waals surface area (Å²) in [7, 11) is 0. The van der Waals surface area contributed by atoms with Crippen molar-refractivity contribution in [2.75, 3.05) is 5.75 Å². The lowest BCUT2D eigenvalue weighted by Gasteiger charge is -2.34. The van der Waals surface area contributed by atoms with Gasteiger partial charge in [0.2, 0.25) is 5.91 Å². The minimum atomic E-state index is -1.02. The van der Waals surface area contributed by atoms with Gasteiger partial charge in [0, 0.05) is 12.2 Å². The average molecular weight is 322 g/mol. The highest BCUT2D eigenvalue weighted by Gasteiger charge is 2.28. The van der Waals surface area contributed by atoms with Gasteiger partial charge in [-0.1, -0.05) is 38.5 Å². The average Bonchev–Trinajstić information content (AvgIpc) is 2.50. The van der Waals surface area contributed by atoms with Gasteiger partial charge in [-0.05, 0) is 30.4 Å². The van der Waals surface area contributed by atoms with Crippen molar-refractivity contribution < 1.29 is 14.7 Å². The molecule has 0 saturated heterocycles. The van der Waals surface area contributed by atoms with Gasteiger partial charge in [-0.15, -0.1) is 0 Å². The first-order valence-corrected chi connectivity index (χ1v) is 8.58. The third-order valence-corrected chi connectivity index (χ3v) is 5.40. The Morgan fingerprint density at radius 3 is 2.91 bits per heavy atom. The van der Waals surface area contributed by atoms with Gasteiger partial charge in [-0.3, -0.25) is 4.79 Å². The molecule has 2 rings (SSSR count). The molecule has 0 bridgehead atoms. The number of hydrogen-bond donors (Lipinski definition) is 2. The van der Waals surface area contributed by atoms with Crippen LogP contribution in [0.3, 0.4) is 0 Å². The minimum absolute atomic E-state index is 0.0575. The van der Waals surface area contributed by atoms with Crippen LogP contribution in [0.1, 0.15) is 43.5 Å². The highest BCUT2D eigenvalue weighted by Crippen LogP contribution is 2.29. The number of nitrogens with zero attached hydrogens (tertiary/aromatic N) is 1. The number of nitrogens with one attached hydrogen (secondary N) is 1. The number of carbonyl (C=O) groups excluding carboxylic acids is 1. The van der Waals surface area contributed by atoms with Gasteiger partial charge in [0.25, 0.3) is 0 Å². The molecule has 1 amide bonds. The number of pyridine rings is 1. The lowest BCUT2D eigenvalue weighted by atomic mass is 9.78. The summed E-state index contributed by atoms with van der Waals surface area (Å²) in [5, 5.41) is 12.6. The normalized spacial score (nSPS) is 24.7. The Labute approximate surface area is 134 Å². The first-order valence-electron chi connectivity index (χ1n) is 7.59. The molecule has 1 aromatic rings. The van der Waals surface area contributed by atoms with Crippen LogP contribution in [-0.4, -0.2) is 33.8 Å². The molecule has 0 unspecified atom stereocenters. The molecule has 1 fully saturated rings. The number of aromatic carboxylic acids is 1. The van der Waals surface area contributed by atoms with E-state index in [-0.39, 0.29) is 23.3 Å². The first-order chi connectivity index (χ1) is 10.5. The van der Waals surface area contributed by atoms with Gasteiger partial charge < -0.3 is 10.4 Å². The second-order valence-electron chi connectivity index (χ2n) is 5.89. The summed E-state index contributed by atoms with van der Waals surface area (Å²) >= 11 is 1.17. The van der Waals surface area contributed by atoms with E-state index in [1.807, 2.05) is 0 Å². The topological polar surface area (TPSA) is 79.3 Å². The van der Waals surface area contributed by atoms with Crippen LogP contribution in [0.5, 0.6) is 0 Å². The molecule has 1 heterocycles. The molecule has 120 valence electrons. The second kappa shape index (κ2) is 7.63. The van der Waals surface area contributed by atoms with Crippen molar-refractivity contribution in [2.45, 2.75) is 44.2 Å². The predicted octanol–water partition coefficient (Wildman–Crippen LogP) is 2.81. The standard InChI is InChI=1S/C16H22N2O3S/c1-10-5-3-7-13(11(10)2)18-14(19)9-22-15-12(16(20)21)6-4-8-17-15/h4,6,8,10-11,13H,3,5,7,9H2,1-2H3,(H,18,19)(H,20,21)/t10-,11-,13-/m1/s1. The lowest BCUT2D eigenvalue weighted by molar-refractivity contribution is -0.120. The van der Waals surface area contributed by atoms with E-state index in [2.05, 4.69) is 24.1 Å². The minimum Gasteiger partial charge on any atom is -0.478 e. The molecule has 2 N–H and O–H groups in total. The molecular formula is C16H22N2O3S. The monoisotopic (exact) mass is 322 g/mol. The maximum atomic E-state index is 12.1. The SMILES string of the molecule is C[C@@H]1[C@H](C)CCC[C@H]1NC(=O)CSc1ncccc1C(=O)O. The van der Waals surface area contributed by atoms with Crippen molar-refractivity contribution in [1.29, 1.82) is 0 Å². The first kappa shape index (κ1) is 16.8. The molecule has 0 spiro atoms. The Bertz CT molecular complexity index is 550. The van der Waals surface area contributed by atoms with Crippen molar-refractivity contribution in [2.24, 2.45) is 11.8 Å². The van der Waals surface area contributed by atoms with E-state index in [0.29, 0.717) is 16.9 Å². The molecule has 0 radical (unpaired) electrons. The van der Waals surface area contributed by atoms with Crippen LogP contribution in [0, 0.1) is 11.8 Å². The summed E-state index contributed by atoms with van der Waals surface area (Å²) in [6.07, 6.45) is 4.93. The van der Waals surface area contributed by atoms with Gasteiger partial charge in [-0.2, -0.15) is 0 Å². The molecule has 1 aliphatic carbocycles. The fraction of sp³-hybridized carbons (Fsp3) is 0.562. The van der Waals surface area contributed by atoms with Crippen LogP contribution >= 0.6 is 11.8 Å². The summed E-state index contributed by atoms with van der Waals surface area (Å²) in [5.74, 6) is 0.214. The maximum absolute atomic E-state index is 12.1. The summed E-state index contributed by atoms with van der Waals surface area (Å²) < 4.78 is 0. The van der Waals surface area contributed by atoms with Gasteiger partial charge in [0.15, 0.2) is 0 Å². The summed E-state index contributed by atoms with van der Waals surface area (Å²) in [4.78, 5) is 27.3. The quantitative estimate of drug-likeness (QED) is 0.815. The maximum Gasteiger partial charge on any atom is 0.338 e. The molecule has 1 aliphatic rings. The molecule has 22 heavy (non-hydrogen) atoms. The second-order valence-corrected chi connectivity index (χ2v) is 6.86. The third-order valence-electron chi connectivity index (χ3n) is 4.39. The van der Waals surface area contributed by atoms with Crippen LogP contribution in [0.15, 0.2) is 23.4 Å². The Morgan fingerprint density at radius 2 is 2.18 bits per heavy atom. The van der Waals surface area contributed by atoms with E-state index in [4.69, 9.17) is 5.11 Å². The molecule has 1 saturated carbocycles. The zero-order valence-electron chi connectivity index (χ0n) is 12.9. The van der Waals surface area contributed by atoms with Gasteiger partial charge in [-0.25, -0.2) is 9.78 Å². The fourth-order valence-corrected chi connectivity index (χ4v) is 3.63. The van der Waals surface area contributed by atoms with Crippen molar-refractivity contribution in [3.05, 3.63) is 23.9 Å². The van der Waals surface area contributed by atoms with Crippen LogP contribution in [-0.2, 0) is 4.79 Å². The molecule has 3 atom stereocenters. The van der Waals surface area contributed by atoms with E-state index in [9.17, 15) is 9.59 Å². The molecule has 0 aromatic carbocycles. The number of amides is 1. The number of thioether (sulfide) groups is 1. The van der Waals surface area contributed by atoms with Crippen molar-refractivity contribution in [3.8, 4) is 0 Å².